The van der Waals surface area contributed by atoms with E-state index in [9.17, 15) is 27.6 Å². The smallest absolute Gasteiger partial charge is 0.452 e. The van der Waals surface area contributed by atoms with Gasteiger partial charge in [0.25, 0.3) is 5.91 Å². The van der Waals surface area contributed by atoms with Gasteiger partial charge in [0.15, 0.2) is 6.61 Å². The minimum absolute atomic E-state index is 0.00302. The fraction of sp³-hybridized carbons (Fsp3) is 0.167. The topological polar surface area (TPSA) is 84.5 Å². The third-order valence-electron chi connectivity index (χ3n) is 3.44. The second-order valence-corrected chi connectivity index (χ2v) is 6.05. The van der Waals surface area contributed by atoms with Crippen LogP contribution in [0.3, 0.4) is 0 Å². The van der Waals surface area contributed by atoms with E-state index in [1.54, 1.807) is 30.4 Å². The number of aryl methyl sites for hydroxylation is 1. The molecule has 0 aliphatic carbocycles. The molecule has 2 rings (SSSR count). The number of amides is 2. The van der Waals surface area contributed by atoms with E-state index >= 15 is 0 Å². The minimum atomic E-state index is -5.02. The predicted octanol–water partition coefficient (Wildman–Crippen LogP) is 3.94. The maximum absolute atomic E-state index is 12.2. The van der Waals surface area contributed by atoms with Crippen molar-refractivity contribution in [3.63, 3.8) is 0 Å². The number of benzene rings is 2. The Labute approximate surface area is 162 Å². The lowest BCUT2D eigenvalue weighted by atomic mass is 10.2. The highest BCUT2D eigenvalue weighted by molar-refractivity contribution is 6.31. The number of esters is 1. The molecule has 0 aliphatic rings. The van der Waals surface area contributed by atoms with Crippen LogP contribution in [-0.4, -0.2) is 30.6 Å². The van der Waals surface area contributed by atoms with Crippen LogP contribution in [0.25, 0.3) is 0 Å². The summed E-state index contributed by atoms with van der Waals surface area (Å²) in [5, 5.41) is 4.62. The van der Waals surface area contributed by atoms with Crippen LogP contribution in [0.2, 0.25) is 5.02 Å². The van der Waals surface area contributed by atoms with Gasteiger partial charge in [-0.15, -0.1) is 0 Å². The van der Waals surface area contributed by atoms with E-state index in [2.05, 4.69) is 5.32 Å². The lowest BCUT2D eigenvalue weighted by molar-refractivity contribution is -0.167. The van der Waals surface area contributed by atoms with Crippen molar-refractivity contribution in [2.24, 2.45) is 0 Å². The monoisotopic (exact) mass is 414 g/mol. The SMILES string of the molecule is Cc1ccc(Cl)cc1NC(=O)COC(=O)c1ccc(NC(=O)C(F)(F)F)cc1. The number of nitrogens with one attached hydrogen (secondary N) is 2. The number of halogens is 4. The second kappa shape index (κ2) is 8.75. The molecule has 28 heavy (non-hydrogen) atoms. The van der Waals surface area contributed by atoms with Crippen molar-refractivity contribution in [2.75, 3.05) is 17.2 Å². The van der Waals surface area contributed by atoms with Crippen LogP contribution in [0, 0.1) is 6.92 Å². The van der Waals surface area contributed by atoms with Crippen LogP contribution in [0.15, 0.2) is 42.5 Å². The Hall–Kier alpha value is -3.07. The van der Waals surface area contributed by atoms with Gasteiger partial charge in [0.05, 0.1) is 5.56 Å². The van der Waals surface area contributed by atoms with Crippen molar-refractivity contribution >= 4 is 40.8 Å². The Balaban J connectivity index is 1.89. The van der Waals surface area contributed by atoms with Crippen molar-refractivity contribution in [2.45, 2.75) is 13.1 Å². The maximum atomic E-state index is 12.2. The third-order valence-corrected chi connectivity index (χ3v) is 3.68. The molecule has 0 fully saturated rings. The zero-order chi connectivity index (χ0) is 20.9. The molecule has 0 radical (unpaired) electrons. The van der Waals surface area contributed by atoms with Gasteiger partial charge < -0.3 is 15.4 Å². The first kappa shape index (κ1) is 21.2. The van der Waals surface area contributed by atoms with Crippen LogP contribution in [0.4, 0.5) is 24.5 Å². The maximum Gasteiger partial charge on any atom is 0.471 e. The van der Waals surface area contributed by atoms with Crippen LogP contribution < -0.4 is 10.6 Å². The highest BCUT2D eigenvalue weighted by atomic mass is 35.5. The average molecular weight is 415 g/mol. The van der Waals surface area contributed by atoms with Crippen molar-refractivity contribution in [3.8, 4) is 0 Å². The molecule has 2 amide bonds. The number of ether oxygens (including phenoxy) is 1. The Morgan fingerprint density at radius 2 is 1.68 bits per heavy atom. The minimum Gasteiger partial charge on any atom is -0.452 e. The summed E-state index contributed by atoms with van der Waals surface area (Å²) < 4.78 is 41.4. The summed E-state index contributed by atoms with van der Waals surface area (Å²) in [5.74, 6) is -3.57. The molecule has 0 bridgehead atoms. The van der Waals surface area contributed by atoms with E-state index in [0.717, 1.165) is 29.8 Å². The Kier molecular flexibility index (Phi) is 6.63. The number of rotatable bonds is 5. The molecule has 0 saturated heterocycles. The highest BCUT2D eigenvalue weighted by Crippen LogP contribution is 2.20. The summed E-state index contributed by atoms with van der Waals surface area (Å²) in [6.45, 7) is 1.19. The molecule has 2 aromatic carbocycles. The molecule has 0 saturated carbocycles. The van der Waals surface area contributed by atoms with Gasteiger partial charge in [-0.05, 0) is 48.9 Å². The lowest BCUT2D eigenvalue weighted by Gasteiger charge is -2.10. The summed E-state index contributed by atoms with van der Waals surface area (Å²) in [7, 11) is 0. The predicted molar refractivity (Wildman–Crippen MR) is 96.2 cm³/mol. The summed E-state index contributed by atoms with van der Waals surface area (Å²) >= 11 is 5.85. The van der Waals surface area contributed by atoms with E-state index in [1.165, 1.54) is 0 Å². The van der Waals surface area contributed by atoms with Crippen LogP contribution >= 0.6 is 11.6 Å². The lowest BCUT2D eigenvalue weighted by Crippen LogP contribution is -2.29. The van der Waals surface area contributed by atoms with Gasteiger partial charge in [-0.25, -0.2) is 4.79 Å². The van der Waals surface area contributed by atoms with Gasteiger partial charge in [0.1, 0.15) is 0 Å². The molecule has 0 aromatic heterocycles. The van der Waals surface area contributed by atoms with Gasteiger partial charge in [0, 0.05) is 16.4 Å². The van der Waals surface area contributed by atoms with Gasteiger partial charge in [-0.1, -0.05) is 17.7 Å². The normalized spacial score (nSPS) is 10.9. The molecular formula is C18H14ClF3N2O4. The molecule has 2 N–H and O–H groups in total. The number of carbonyl (C=O) groups excluding carboxylic acids is 3. The standard InChI is InChI=1S/C18H14ClF3N2O4/c1-10-2-5-12(19)8-14(10)24-15(25)9-28-16(26)11-3-6-13(7-4-11)23-17(27)18(20,21)22/h2-8H,9H2,1H3,(H,23,27)(H,24,25). The van der Waals surface area contributed by atoms with Gasteiger partial charge in [-0.3, -0.25) is 9.59 Å². The second-order valence-electron chi connectivity index (χ2n) is 5.61. The highest BCUT2D eigenvalue weighted by Gasteiger charge is 2.38. The fourth-order valence-electron chi connectivity index (χ4n) is 2.02. The summed E-state index contributed by atoms with van der Waals surface area (Å²) in [6.07, 6.45) is -5.02. The fourth-order valence-corrected chi connectivity index (χ4v) is 2.19. The van der Waals surface area contributed by atoms with E-state index in [4.69, 9.17) is 16.3 Å². The quantitative estimate of drug-likeness (QED) is 0.726. The number of hydrogen-bond donors (Lipinski definition) is 2. The first-order chi connectivity index (χ1) is 13.1. The Bertz CT molecular complexity index is 899. The zero-order valence-electron chi connectivity index (χ0n) is 14.4. The molecule has 2 aromatic rings. The van der Waals surface area contributed by atoms with Gasteiger partial charge in [0.2, 0.25) is 0 Å². The van der Waals surface area contributed by atoms with Crippen LogP contribution in [-0.2, 0) is 14.3 Å². The molecular weight excluding hydrogens is 401 g/mol. The number of hydrogen-bond acceptors (Lipinski definition) is 4. The van der Waals surface area contributed by atoms with Crippen molar-refractivity contribution in [1.82, 2.24) is 0 Å². The molecule has 10 heteroatoms. The molecule has 0 spiro atoms. The molecule has 148 valence electrons. The van der Waals surface area contributed by atoms with E-state index in [1.807, 2.05) is 0 Å². The Morgan fingerprint density at radius 1 is 1.04 bits per heavy atom. The average Bonchev–Trinajstić information content (AvgIpc) is 2.62. The number of anilines is 2. The van der Waals surface area contributed by atoms with E-state index in [-0.39, 0.29) is 11.3 Å². The van der Waals surface area contributed by atoms with Crippen LogP contribution in [0.5, 0.6) is 0 Å². The molecule has 0 heterocycles. The summed E-state index contributed by atoms with van der Waals surface area (Å²) in [4.78, 5) is 34.7. The Morgan fingerprint density at radius 3 is 2.29 bits per heavy atom. The van der Waals surface area contributed by atoms with Crippen molar-refractivity contribution in [1.29, 1.82) is 0 Å². The first-order valence-corrected chi connectivity index (χ1v) is 8.15. The zero-order valence-corrected chi connectivity index (χ0v) is 15.1. The van der Waals surface area contributed by atoms with Crippen LogP contribution in [0.1, 0.15) is 15.9 Å². The summed E-state index contributed by atoms with van der Waals surface area (Å²) in [6, 6.07) is 9.45. The van der Waals surface area contributed by atoms with E-state index < -0.39 is 30.6 Å². The van der Waals surface area contributed by atoms with Crippen molar-refractivity contribution in [3.05, 3.63) is 58.6 Å². The molecule has 0 aliphatic heterocycles. The molecule has 0 unspecified atom stereocenters. The molecule has 6 nitrogen and oxygen atoms in total. The van der Waals surface area contributed by atoms with E-state index in [0.29, 0.717) is 10.7 Å². The summed E-state index contributed by atoms with van der Waals surface area (Å²) in [5.41, 5.74) is 1.09. The number of alkyl halides is 3. The van der Waals surface area contributed by atoms with Crippen molar-refractivity contribution < 1.29 is 32.3 Å². The van der Waals surface area contributed by atoms with Gasteiger partial charge >= 0.3 is 18.1 Å². The van der Waals surface area contributed by atoms with Gasteiger partial charge in [-0.2, -0.15) is 13.2 Å². The first-order valence-electron chi connectivity index (χ1n) is 7.77. The largest absolute Gasteiger partial charge is 0.471 e. The third kappa shape index (κ3) is 5.98. The number of carbonyl (C=O) groups is 3. The molecule has 0 atom stereocenters.